The van der Waals surface area contributed by atoms with Gasteiger partial charge in [-0.15, -0.1) is 10.2 Å². The molecule has 50 heavy (non-hydrogen) atoms. The van der Waals surface area contributed by atoms with Gasteiger partial charge in [-0.3, -0.25) is 14.5 Å². The van der Waals surface area contributed by atoms with E-state index in [1.54, 1.807) is 24.8 Å². The first kappa shape index (κ1) is 38.7. The third kappa shape index (κ3) is 10.0. The number of halogens is 1. The molecule has 1 N–H and O–H groups in total. The second-order valence-electron chi connectivity index (χ2n) is 14.4. The highest BCUT2D eigenvalue weighted by molar-refractivity contribution is 5.83. The molecule has 2 amide bonds. The van der Waals surface area contributed by atoms with Crippen LogP contribution in [0.5, 0.6) is 5.88 Å². The van der Waals surface area contributed by atoms with Crippen molar-refractivity contribution < 1.29 is 33.0 Å². The van der Waals surface area contributed by atoms with Crippen LogP contribution in [-0.4, -0.2) is 101 Å². The number of hydrogen-bond donors (Lipinski definition) is 1. The Morgan fingerprint density at radius 3 is 2.46 bits per heavy atom. The zero-order valence-corrected chi connectivity index (χ0v) is 30.7. The van der Waals surface area contributed by atoms with Crippen molar-refractivity contribution >= 4 is 23.8 Å². The molecule has 3 heterocycles. The van der Waals surface area contributed by atoms with E-state index >= 15 is 0 Å². The van der Waals surface area contributed by atoms with Gasteiger partial charge in [0.15, 0.2) is 5.82 Å². The fourth-order valence-corrected chi connectivity index (χ4v) is 6.88. The molecule has 2 aliphatic heterocycles. The Bertz CT molecular complexity index is 1440. The van der Waals surface area contributed by atoms with Gasteiger partial charge in [0.1, 0.15) is 17.9 Å². The molecule has 1 aromatic rings. The summed E-state index contributed by atoms with van der Waals surface area (Å²) in [5, 5.41) is 11.0. The van der Waals surface area contributed by atoms with Crippen LogP contribution in [0.4, 0.5) is 15.0 Å². The molecule has 3 aliphatic rings. The third-order valence-electron chi connectivity index (χ3n) is 9.43. The number of aromatic nitrogens is 3. The summed E-state index contributed by atoms with van der Waals surface area (Å²) in [6.45, 7) is 19.6. The van der Waals surface area contributed by atoms with Crippen molar-refractivity contribution in [3.05, 3.63) is 42.2 Å². The summed E-state index contributed by atoms with van der Waals surface area (Å²) >= 11 is 0. The van der Waals surface area contributed by atoms with Gasteiger partial charge in [-0.1, -0.05) is 27.7 Å². The molecule has 0 aromatic carbocycles. The monoisotopic (exact) mass is 699 g/mol. The van der Waals surface area contributed by atoms with E-state index in [4.69, 9.17) is 14.2 Å². The number of ether oxygens (including phenoxy) is 3. The molecule has 1 aromatic heterocycles. The lowest BCUT2D eigenvalue weighted by atomic mass is 9.76. The Morgan fingerprint density at radius 1 is 1.06 bits per heavy atom. The fourth-order valence-electron chi connectivity index (χ4n) is 6.88. The fraction of sp³-hybridized carbons (Fsp3) is 0.667. The van der Waals surface area contributed by atoms with Crippen molar-refractivity contribution in [2.45, 2.75) is 93.0 Å². The Morgan fingerprint density at radius 2 is 1.80 bits per heavy atom. The van der Waals surface area contributed by atoms with Crippen LogP contribution in [0, 0.1) is 23.2 Å². The topological polar surface area (TPSA) is 139 Å². The lowest BCUT2D eigenvalue weighted by Gasteiger charge is -2.53. The summed E-state index contributed by atoms with van der Waals surface area (Å²) in [4.78, 5) is 48.0. The quantitative estimate of drug-likeness (QED) is 0.150. The van der Waals surface area contributed by atoms with Gasteiger partial charge in [-0.05, 0) is 70.3 Å². The molecule has 13 nitrogen and oxygen atoms in total. The first-order valence-corrected chi connectivity index (χ1v) is 17.8. The normalized spacial score (nSPS) is 19.8. The molecule has 3 unspecified atom stereocenters. The molecule has 14 heteroatoms. The van der Waals surface area contributed by atoms with E-state index in [9.17, 15) is 18.8 Å². The molecule has 2 fully saturated rings. The maximum Gasteiger partial charge on any atom is 0.410 e. The number of rotatable bonds is 15. The zero-order valence-electron chi connectivity index (χ0n) is 30.7. The number of likely N-dealkylation sites (tertiary alicyclic amines) is 1. The number of allylic oxidation sites excluding steroid dienone is 3. The number of anilines is 1. The highest BCUT2D eigenvalue weighted by atomic mass is 19.1. The molecule has 3 atom stereocenters. The Balaban J connectivity index is 1.31. The van der Waals surface area contributed by atoms with Crippen molar-refractivity contribution in [3.8, 4) is 5.88 Å². The van der Waals surface area contributed by atoms with Crippen molar-refractivity contribution in [2.24, 2.45) is 23.2 Å². The van der Waals surface area contributed by atoms with Gasteiger partial charge in [0.05, 0.1) is 11.8 Å². The van der Waals surface area contributed by atoms with E-state index in [0.717, 1.165) is 45.4 Å². The minimum Gasteiger partial charge on any atom is -0.435 e. The van der Waals surface area contributed by atoms with E-state index < -0.39 is 30.1 Å². The predicted molar refractivity (Wildman–Crippen MR) is 186 cm³/mol. The summed E-state index contributed by atoms with van der Waals surface area (Å²) in [6, 6.07) is 0.331. The predicted octanol–water partition coefficient (Wildman–Crippen LogP) is 5.02. The second-order valence-corrected chi connectivity index (χ2v) is 14.4. The van der Waals surface area contributed by atoms with Gasteiger partial charge in [0.25, 0.3) is 5.88 Å². The standard InChI is InChI=1S/C36H54FN7O6/c1-9-44(25(6)7)33(45)27-17-28(37)12-13-29(18-27)50-32-31(39-22-40-41-32)42-16-14-36(19-42)20-43(21-36)30(23(2)3)11-10-15-38-35(47)49-26(8)48-34(46)24(4)5/h12-13,17-18,22-27,30H,9-11,14-16,19-21H2,1-8H3,(H,38,47). The average Bonchev–Trinajstić information content (AvgIpc) is 3.39. The Labute approximate surface area is 295 Å². The molecular formula is C36H54FN7O6. The molecule has 276 valence electrons. The first-order valence-electron chi connectivity index (χ1n) is 17.8. The Hall–Kier alpha value is -4.07. The molecule has 1 spiro atoms. The average molecular weight is 700 g/mol. The van der Waals surface area contributed by atoms with Crippen LogP contribution in [-0.2, 0) is 19.1 Å². The van der Waals surface area contributed by atoms with Crippen LogP contribution in [0.1, 0.15) is 74.7 Å². The van der Waals surface area contributed by atoms with Gasteiger partial charge in [0, 0.05) is 63.7 Å². The van der Waals surface area contributed by atoms with Gasteiger partial charge >= 0.3 is 12.1 Å². The highest BCUT2D eigenvalue weighted by Crippen LogP contribution is 2.44. The van der Waals surface area contributed by atoms with E-state index in [-0.39, 0.29) is 29.2 Å². The summed E-state index contributed by atoms with van der Waals surface area (Å²) < 4.78 is 31.0. The van der Waals surface area contributed by atoms with E-state index in [0.29, 0.717) is 36.6 Å². The number of alkyl carbamates (subject to hydrolysis) is 1. The number of hydrogen-bond acceptors (Lipinski definition) is 11. The van der Waals surface area contributed by atoms with Gasteiger partial charge in [0.2, 0.25) is 12.2 Å². The minimum absolute atomic E-state index is 0.0267. The first-order chi connectivity index (χ1) is 23.7. The van der Waals surface area contributed by atoms with Gasteiger partial charge < -0.3 is 29.3 Å². The number of esters is 1. The van der Waals surface area contributed by atoms with E-state index in [1.807, 2.05) is 20.8 Å². The molecule has 0 radical (unpaired) electrons. The summed E-state index contributed by atoms with van der Waals surface area (Å²) in [5.74, 6) is -0.757. The lowest BCUT2D eigenvalue weighted by molar-refractivity contribution is -0.168. The van der Waals surface area contributed by atoms with E-state index in [1.165, 1.54) is 31.5 Å². The van der Waals surface area contributed by atoms with Crippen molar-refractivity contribution in [1.29, 1.82) is 0 Å². The maximum absolute atomic E-state index is 14.6. The number of nitrogens with zero attached hydrogens (tertiary/aromatic N) is 6. The van der Waals surface area contributed by atoms with Crippen molar-refractivity contribution in [2.75, 3.05) is 44.2 Å². The summed E-state index contributed by atoms with van der Waals surface area (Å²) in [6.07, 6.45) is 8.21. The molecule has 0 saturated carbocycles. The van der Waals surface area contributed by atoms with Crippen LogP contribution >= 0.6 is 0 Å². The molecule has 1 aliphatic carbocycles. The number of nitrogens with one attached hydrogen (secondary N) is 1. The number of amides is 2. The SMILES string of the molecule is CCN(C(=O)C1C=C(F)C=CC(Oc2nncnc2N2CCC3(C2)CN(C(CCCNC(=O)OC(C)OC(=O)C(C)C)C(C)C)C3)=C1)C(C)C. The molecule has 2 saturated heterocycles. The van der Waals surface area contributed by atoms with Crippen LogP contribution in [0.15, 0.2) is 42.2 Å². The van der Waals surface area contributed by atoms with Crippen LogP contribution in [0.2, 0.25) is 0 Å². The highest BCUT2D eigenvalue weighted by Gasteiger charge is 2.50. The third-order valence-corrected chi connectivity index (χ3v) is 9.43. The molecule has 4 rings (SSSR count). The molecular weight excluding hydrogens is 645 g/mol. The largest absolute Gasteiger partial charge is 0.435 e. The van der Waals surface area contributed by atoms with Gasteiger partial charge in [-0.2, -0.15) is 0 Å². The van der Waals surface area contributed by atoms with Crippen molar-refractivity contribution in [3.63, 3.8) is 0 Å². The molecule has 0 bridgehead atoms. The minimum atomic E-state index is -0.949. The number of carbonyl (C=O) groups excluding carboxylic acids is 3. The summed E-state index contributed by atoms with van der Waals surface area (Å²) in [7, 11) is 0. The second kappa shape index (κ2) is 17.2. The Kier molecular flexibility index (Phi) is 13.3. The van der Waals surface area contributed by atoms with Crippen LogP contribution in [0.3, 0.4) is 0 Å². The lowest BCUT2D eigenvalue weighted by Crippen LogP contribution is -2.62. The van der Waals surface area contributed by atoms with Crippen LogP contribution in [0.25, 0.3) is 0 Å². The smallest absolute Gasteiger partial charge is 0.410 e. The number of carbonyl (C=O) groups is 3. The van der Waals surface area contributed by atoms with E-state index in [2.05, 4.69) is 44.1 Å². The van der Waals surface area contributed by atoms with Gasteiger partial charge in [-0.25, -0.2) is 14.2 Å². The van der Waals surface area contributed by atoms with Crippen molar-refractivity contribution in [1.82, 2.24) is 30.3 Å². The maximum atomic E-state index is 14.6. The zero-order chi connectivity index (χ0) is 36.6. The van der Waals surface area contributed by atoms with Crippen LogP contribution < -0.4 is 15.0 Å². The summed E-state index contributed by atoms with van der Waals surface area (Å²) in [5.41, 5.74) is 0.105.